The van der Waals surface area contributed by atoms with Gasteiger partial charge in [0.15, 0.2) is 0 Å². The zero-order chi connectivity index (χ0) is 27.1. The Hall–Kier alpha value is -4.24. The number of aryl methyl sites for hydroxylation is 2. The molecule has 2 aromatic carbocycles. The molecule has 0 spiro atoms. The van der Waals surface area contributed by atoms with Gasteiger partial charge in [-0.05, 0) is 49.4 Å². The molecule has 1 fully saturated rings. The van der Waals surface area contributed by atoms with Crippen molar-refractivity contribution in [3.05, 3.63) is 71.5 Å². The largest absolute Gasteiger partial charge is 0.496 e. The van der Waals surface area contributed by atoms with E-state index in [0.29, 0.717) is 17.2 Å². The van der Waals surface area contributed by atoms with E-state index in [1.807, 2.05) is 38.4 Å². The molecule has 0 amide bonds. The summed E-state index contributed by atoms with van der Waals surface area (Å²) >= 11 is 0. The number of carbonyl (C=O) groups is 1. The molecule has 1 unspecified atom stereocenters. The quantitative estimate of drug-likeness (QED) is 0.285. The van der Waals surface area contributed by atoms with Gasteiger partial charge in [-0.25, -0.2) is 9.48 Å². The molecule has 3 aromatic heterocycles. The summed E-state index contributed by atoms with van der Waals surface area (Å²) in [7, 11) is 4.83. The summed E-state index contributed by atoms with van der Waals surface area (Å²) in [6, 6.07) is 16.5. The average Bonchev–Trinajstić information content (AvgIpc) is 3.48. The standard InChI is InChI=1S/C30H31N5O4/c1-18-28(34(2)33-32-18)21-14-25-27(31-17-21)22-16-26(37-3)23(30(36)38-4)15-24(22)35(25)29(19-8-6-5-7-9-19)20-10-12-39-13-11-20/h5-9,14-17,20,29H,10-13H2,1-4H3. The predicted octanol–water partition coefficient (Wildman–Crippen LogP) is 5.10. The van der Waals surface area contributed by atoms with Gasteiger partial charge in [0.1, 0.15) is 11.3 Å². The number of methoxy groups -OCH3 is 2. The summed E-state index contributed by atoms with van der Waals surface area (Å²) in [6.45, 7) is 3.38. The van der Waals surface area contributed by atoms with Crippen molar-refractivity contribution in [1.82, 2.24) is 24.5 Å². The summed E-state index contributed by atoms with van der Waals surface area (Å²) in [5.74, 6) is 0.332. The van der Waals surface area contributed by atoms with Gasteiger partial charge in [0.05, 0.1) is 48.2 Å². The molecule has 0 saturated carbocycles. The average molecular weight is 526 g/mol. The van der Waals surface area contributed by atoms with Crippen LogP contribution in [0.5, 0.6) is 5.75 Å². The molecule has 5 aromatic rings. The van der Waals surface area contributed by atoms with Crippen molar-refractivity contribution in [2.45, 2.75) is 25.8 Å². The van der Waals surface area contributed by atoms with Crippen LogP contribution in [0, 0.1) is 12.8 Å². The number of aromatic nitrogens is 5. The van der Waals surface area contributed by atoms with E-state index in [4.69, 9.17) is 19.2 Å². The molecule has 0 bridgehead atoms. The van der Waals surface area contributed by atoms with E-state index in [2.05, 4.69) is 45.2 Å². The normalized spacial score (nSPS) is 15.1. The third kappa shape index (κ3) is 4.23. The van der Waals surface area contributed by atoms with Crippen LogP contribution in [0.15, 0.2) is 54.7 Å². The maximum atomic E-state index is 12.8. The molecular formula is C30H31N5O4. The molecule has 0 radical (unpaired) electrons. The topological polar surface area (TPSA) is 93.3 Å². The number of benzene rings is 2. The van der Waals surface area contributed by atoms with Gasteiger partial charge < -0.3 is 18.8 Å². The van der Waals surface area contributed by atoms with E-state index in [1.54, 1.807) is 11.8 Å². The van der Waals surface area contributed by atoms with Gasteiger partial charge in [-0.2, -0.15) is 0 Å². The number of carbonyl (C=O) groups excluding carboxylic acids is 1. The lowest BCUT2D eigenvalue weighted by Gasteiger charge is -2.33. The van der Waals surface area contributed by atoms with Gasteiger partial charge in [-0.3, -0.25) is 4.98 Å². The van der Waals surface area contributed by atoms with Crippen molar-refractivity contribution < 1.29 is 19.0 Å². The van der Waals surface area contributed by atoms with Crippen LogP contribution in [0.4, 0.5) is 0 Å². The summed E-state index contributed by atoms with van der Waals surface area (Å²) in [4.78, 5) is 17.8. The lowest BCUT2D eigenvalue weighted by Crippen LogP contribution is -2.27. The molecule has 39 heavy (non-hydrogen) atoms. The summed E-state index contributed by atoms with van der Waals surface area (Å²) in [5.41, 5.74) is 6.95. The highest BCUT2D eigenvalue weighted by Gasteiger charge is 2.31. The van der Waals surface area contributed by atoms with E-state index in [1.165, 1.54) is 12.7 Å². The first-order chi connectivity index (χ1) is 19.0. The Bertz CT molecular complexity index is 1650. The van der Waals surface area contributed by atoms with Crippen LogP contribution >= 0.6 is 0 Å². The van der Waals surface area contributed by atoms with Gasteiger partial charge in [-0.1, -0.05) is 35.5 Å². The van der Waals surface area contributed by atoms with Crippen LogP contribution in [-0.4, -0.2) is 57.9 Å². The van der Waals surface area contributed by atoms with Crippen molar-refractivity contribution in [1.29, 1.82) is 0 Å². The molecule has 1 saturated heterocycles. The van der Waals surface area contributed by atoms with Crippen LogP contribution in [0.1, 0.15) is 40.5 Å². The third-order valence-electron chi connectivity index (χ3n) is 7.77. The van der Waals surface area contributed by atoms with Gasteiger partial charge in [0, 0.05) is 37.4 Å². The highest BCUT2D eigenvalue weighted by atomic mass is 16.5. The molecule has 1 aliphatic rings. The fourth-order valence-electron chi connectivity index (χ4n) is 5.97. The Morgan fingerprint density at radius 3 is 2.51 bits per heavy atom. The second-order valence-corrected chi connectivity index (χ2v) is 9.98. The van der Waals surface area contributed by atoms with Gasteiger partial charge >= 0.3 is 5.97 Å². The Morgan fingerprint density at radius 1 is 1.08 bits per heavy atom. The van der Waals surface area contributed by atoms with Crippen molar-refractivity contribution in [2.75, 3.05) is 27.4 Å². The number of nitrogens with zero attached hydrogens (tertiary/aromatic N) is 5. The lowest BCUT2D eigenvalue weighted by atomic mass is 9.86. The second kappa shape index (κ2) is 10.1. The molecule has 4 heterocycles. The number of esters is 1. The Kier molecular flexibility index (Phi) is 6.52. The van der Waals surface area contributed by atoms with Crippen molar-refractivity contribution >= 4 is 27.9 Å². The van der Waals surface area contributed by atoms with Crippen molar-refractivity contribution in [2.24, 2.45) is 13.0 Å². The van der Waals surface area contributed by atoms with E-state index in [-0.39, 0.29) is 6.04 Å². The van der Waals surface area contributed by atoms with Gasteiger partial charge in [-0.15, -0.1) is 5.10 Å². The highest BCUT2D eigenvalue weighted by Crippen LogP contribution is 2.42. The molecule has 1 aliphatic heterocycles. The Labute approximate surface area is 226 Å². The summed E-state index contributed by atoms with van der Waals surface area (Å²) in [5, 5.41) is 9.37. The van der Waals surface area contributed by atoms with Crippen LogP contribution in [0.25, 0.3) is 33.2 Å². The molecule has 9 heteroatoms. The zero-order valence-electron chi connectivity index (χ0n) is 22.5. The fraction of sp³-hybridized carbons (Fsp3) is 0.333. The molecule has 0 N–H and O–H groups in total. The Morgan fingerprint density at radius 2 is 1.85 bits per heavy atom. The van der Waals surface area contributed by atoms with E-state index in [0.717, 1.165) is 64.9 Å². The highest BCUT2D eigenvalue weighted by molar-refractivity contribution is 6.10. The molecule has 0 aliphatic carbocycles. The van der Waals surface area contributed by atoms with Crippen LogP contribution in [0.3, 0.4) is 0 Å². The Balaban J connectivity index is 1.72. The van der Waals surface area contributed by atoms with Crippen LogP contribution in [-0.2, 0) is 16.5 Å². The van der Waals surface area contributed by atoms with Crippen molar-refractivity contribution in [3.63, 3.8) is 0 Å². The van der Waals surface area contributed by atoms with E-state index < -0.39 is 5.97 Å². The minimum absolute atomic E-state index is 0.00296. The van der Waals surface area contributed by atoms with Gasteiger partial charge in [0.25, 0.3) is 0 Å². The maximum absolute atomic E-state index is 12.8. The molecule has 9 nitrogen and oxygen atoms in total. The lowest BCUT2D eigenvalue weighted by molar-refractivity contribution is 0.0553. The maximum Gasteiger partial charge on any atom is 0.341 e. The SMILES string of the molecule is COC(=O)c1cc2c(cc1OC)c1ncc(-c3c(C)nnn3C)cc1n2C(c1ccccc1)C1CCOCC1. The zero-order valence-corrected chi connectivity index (χ0v) is 22.5. The number of hydrogen-bond donors (Lipinski definition) is 0. The number of pyridine rings is 1. The summed E-state index contributed by atoms with van der Waals surface area (Å²) < 4.78 is 20.6. The van der Waals surface area contributed by atoms with Crippen LogP contribution < -0.4 is 4.74 Å². The predicted molar refractivity (Wildman–Crippen MR) is 148 cm³/mol. The number of rotatable bonds is 6. The molecule has 1 atom stereocenters. The first-order valence-electron chi connectivity index (χ1n) is 13.1. The molecule has 200 valence electrons. The number of hydrogen-bond acceptors (Lipinski definition) is 7. The first-order valence-corrected chi connectivity index (χ1v) is 13.1. The number of ether oxygens (including phenoxy) is 3. The fourth-order valence-corrected chi connectivity index (χ4v) is 5.97. The second-order valence-electron chi connectivity index (χ2n) is 9.98. The number of fused-ring (bicyclic) bond motifs is 3. The van der Waals surface area contributed by atoms with E-state index in [9.17, 15) is 4.79 Å². The first kappa shape index (κ1) is 25.1. The van der Waals surface area contributed by atoms with Crippen LogP contribution in [0.2, 0.25) is 0 Å². The third-order valence-corrected chi connectivity index (χ3v) is 7.77. The monoisotopic (exact) mass is 525 g/mol. The molecular weight excluding hydrogens is 494 g/mol. The smallest absolute Gasteiger partial charge is 0.341 e. The molecule has 6 rings (SSSR count). The van der Waals surface area contributed by atoms with Gasteiger partial charge in [0.2, 0.25) is 0 Å². The minimum Gasteiger partial charge on any atom is -0.496 e. The summed E-state index contributed by atoms with van der Waals surface area (Å²) in [6.07, 6.45) is 3.72. The minimum atomic E-state index is -0.446. The van der Waals surface area contributed by atoms with Crippen molar-refractivity contribution in [3.8, 4) is 17.0 Å². The van der Waals surface area contributed by atoms with E-state index >= 15 is 0 Å².